The van der Waals surface area contributed by atoms with Crippen molar-refractivity contribution in [3.05, 3.63) is 97.2 Å². The van der Waals surface area contributed by atoms with E-state index in [-0.39, 0.29) is 18.9 Å². The lowest BCUT2D eigenvalue weighted by Gasteiger charge is -2.40. The van der Waals surface area contributed by atoms with Crippen LogP contribution in [0.3, 0.4) is 0 Å². The predicted molar refractivity (Wildman–Crippen MR) is 244 cm³/mol. The minimum Gasteiger partial charge on any atom is -0.394 e. The van der Waals surface area contributed by atoms with Gasteiger partial charge < -0.3 is 40.3 Å². The standard InChI is InChI=1S/C50H83NO8/c1-3-5-7-9-11-13-15-17-18-19-20-21-22-23-24-25-26-28-30-32-34-36-38-40-46(54)51-43(42-58-50-49(57)48(56)47(55)45(41-52)59-50)44(53)39-37-35-33-31-29-27-16-14-12-10-8-6-4-2/h5,7,11,13,17-18,20-21,23-24,26,28,32,34,37,39,43-45,47-50,52-53,55-57H,3-4,6,8-10,12,14-16,19,22,25,27,29-31,33,35-36,38,40-42H2,1-2H3,(H,51,54)/b7-5-,13-11-,18-17-,21-20-,24-23-,28-26-,34-32-,39-37+. The summed E-state index contributed by atoms with van der Waals surface area (Å²) in [5.74, 6) is -0.240. The summed E-state index contributed by atoms with van der Waals surface area (Å²) >= 11 is 0. The summed E-state index contributed by atoms with van der Waals surface area (Å²) in [7, 11) is 0. The van der Waals surface area contributed by atoms with Gasteiger partial charge >= 0.3 is 0 Å². The van der Waals surface area contributed by atoms with Gasteiger partial charge in [-0.2, -0.15) is 0 Å². The van der Waals surface area contributed by atoms with E-state index in [1.807, 2.05) is 6.08 Å². The molecule has 0 aromatic carbocycles. The van der Waals surface area contributed by atoms with E-state index in [1.165, 1.54) is 57.8 Å². The number of rotatable bonds is 36. The molecule has 0 radical (unpaired) electrons. The number of unbranched alkanes of at least 4 members (excludes halogenated alkanes) is 12. The number of aliphatic hydroxyl groups excluding tert-OH is 5. The van der Waals surface area contributed by atoms with E-state index in [0.29, 0.717) is 6.42 Å². The SMILES string of the molecule is CC/C=C\C/C=C\C/C=C\C/C=C\C/C=C\C/C=C\C/C=C\CCCC(=O)NC(COC1OC(CO)C(O)C(O)C1O)C(O)/C=C/CCCCCCCCCCCCC. The van der Waals surface area contributed by atoms with Crippen LogP contribution in [0.2, 0.25) is 0 Å². The Bertz CT molecular complexity index is 1240. The van der Waals surface area contributed by atoms with E-state index in [4.69, 9.17) is 9.47 Å². The van der Waals surface area contributed by atoms with Crippen molar-refractivity contribution in [3.63, 3.8) is 0 Å². The molecule has 1 rings (SSSR count). The quantitative estimate of drug-likeness (QED) is 0.0270. The first-order valence-electron chi connectivity index (χ1n) is 23.0. The highest BCUT2D eigenvalue weighted by atomic mass is 16.7. The molecule has 0 saturated carbocycles. The number of hydrogen-bond acceptors (Lipinski definition) is 8. The molecule has 1 aliphatic heterocycles. The summed E-state index contributed by atoms with van der Waals surface area (Å²) in [4.78, 5) is 12.9. The van der Waals surface area contributed by atoms with Crippen molar-refractivity contribution in [2.45, 2.75) is 198 Å². The summed E-state index contributed by atoms with van der Waals surface area (Å²) in [6.45, 7) is 3.59. The van der Waals surface area contributed by atoms with Crippen molar-refractivity contribution in [1.29, 1.82) is 0 Å². The second-order valence-corrected chi connectivity index (χ2v) is 15.5. The molecule has 0 aliphatic carbocycles. The average molecular weight is 826 g/mol. The average Bonchev–Trinajstić information content (AvgIpc) is 3.23. The van der Waals surface area contributed by atoms with Gasteiger partial charge in [-0.1, -0.05) is 175 Å². The maximum Gasteiger partial charge on any atom is 0.220 e. The first-order valence-corrected chi connectivity index (χ1v) is 23.0. The smallest absolute Gasteiger partial charge is 0.220 e. The highest BCUT2D eigenvalue weighted by Gasteiger charge is 2.44. The van der Waals surface area contributed by atoms with Gasteiger partial charge in [0.05, 0.1) is 25.4 Å². The fourth-order valence-corrected chi connectivity index (χ4v) is 6.50. The zero-order valence-electron chi connectivity index (χ0n) is 36.7. The van der Waals surface area contributed by atoms with E-state index in [0.717, 1.165) is 70.6 Å². The highest BCUT2D eigenvalue weighted by Crippen LogP contribution is 2.22. The molecule has 1 saturated heterocycles. The molecule has 0 bridgehead atoms. The van der Waals surface area contributed by atoms with Gasteiger partial charge in [0.25, 0.3) is 0 Å². The Morgan fingerprint density at radius 2 is 1.05 bits per heavy atom. The molecule has 9 heteroatoms. The molecule has 336 valence electrons. The molecule has 9 nitrogen and oxygen atoms in total. The number of amides is 1. The van der Waals surface area contributed by atoms with Crippen LogP contribution < -0.4 is 5.32 Å². The van der Waals surface area contributed by atoms with E-state index in [1.54, 1.807) is 6.08 Å². The molecule has 59 heavy (non-hydrogen) atoms. The van der Waals surface area contributed by atoms with Gasteiger partial charge in [0.1, 0.15) is 24.4 Å². The second kappa shape index (κ2) is 39.3. The lowest BCUT2D eigenvalue weighted by Crippen LogP contribution is -2.60. The van der Waals surface area contributed by atoms with Crippen LogP contribution in [0, 0.1) is 0 Å². The van der Waals surface area contributed by atoms with Crippen LogP contribution in [0.15, 0.2) is 97.2 Å². The van der Waals surface area contributed by atoms with Crippen LogP contribution in [-0.2, 0) is 14.3 Å². The monoisotopic (exact) mass is 826 g/mol. The van der Waals surface area contributed by atoms with Crippen LogP contribution in [0.1, 0.15) is 155 Å². The largest absolute Gasteiger partial charge is 0.394 e. The molecule has 0 spiro atoms. The van der Waals surface area contributed by atoms with Crippen LogP contribution in [0.25, 0.3) is 0 Å². The van der Waals surface area contributed by atoms with Crippen molar-refractivity contribution >= 4 is 5.91 Å². The van der Waals surface area contributed by atoms with E-state index < -0.39 is 49.5 Å². The number of carbonyl (C=O) groups is 1. The maximum absolute atomic E-state index is 12.9. The van der Waals surface area contributed by atoms with E-state index in [2.05, 4.69) is 104 Å². The molecule has 0 aromatic heterocycles. The third kappa shape index (κ3) is 29.9. The third-order valence-corrected chi connectivity index (χ3v) is 10.2. The third-order valence-electron chi connectivity index (χ3n) is 10.2. The van der Waals surface area contributed by atoms with Gasteiger partial charge in [0.2, 0.25) is 5.91 Å². The summed E-state index contributed by atoms with van der Waals surface area (Å²) in [6.07, 6.45) is 48.8. The maximum atomic E-state index is 12.9. The molecular formula is C50H83NO8. The Morgan fingerprint density at radius 3 is 1.54 bits per heavy atom. The summed E-state index contributed by atoms with van der Waals surface area (Å²) < 4.78 is 11.2. The Hall–Kier alpha value is -2.89. The number of hydrogen-bond donors (Lipinski definition) is 6. The van der Waals surface area contributed by atoms with Gasteiger partial charge in [0.15, 0.2) is 6.29 Å². The fraction of sp³-hybridized carbons (Fsp3) is 0.660. The summed E-state index contributed by atoms with van der Waals surface area (Å²) in [5.41, 5.74) is 0. The molecule has 1 aliphatic rings. The molecule has 7 unspecified atom stereocenters. The van der Waals surface area contributed by atoms with Crippen LogP contribution in [0.4, 0.5) is 0 Å². The van der Waals surface area contributed by atoms with Crippen molar-refractivity contribution in [1.82, 2.24) is 5.32 Å². The van der Waals surface area contributed by atoms with Gasteiger partial charge in [0, 0.05) is 6.42 Å². The van der Waals surface area contributed by atoms with Gasteiger partial charge in [-0.05, 0) is 70.6 Å². The Kier molecular flexibility index (Phi) is 36.0. The van der Waals surface area contributed by atoms with Gasteiger partial charge in [-0.15, -0.1) is 0 Å². The number of aliphatic hydroxyl groups is 5. The molecular weight excluding hydrogens is 743 g/mol. The summed E-state index contributed by atoms with van der Waals surface area (Å²) in [5, 5.41) is 54.1. The highest BCUT2D eigenvalue weighted by molar-refractivity contribution is 5.76. The fourth-order valence-electron chi connectivity index (χ4n) is 6.50. The Morgan fingerprint density at radius 1 is 0.593 bits per heavy atom. The first-order chi connectivity index (χ1) is 28.8. The van der Waals surface area contributed by atoms with Crippen LogP contribution >= 0.6 is 0 Å². The molecule has 7 atom stereocenters. The first kappa shape index (κ1) is 54.1. The molecule has 1 fully saturated rings. The van der Waals surface area contributed by atoms with Crippen molar-refractivity contribution in [2.75, 3.05) is 13.2 Å². The predicted octanol–water partition coefficient (Wildman–Crippen LogP) is 9.72. The summed E-state index contributed by atoms with van der Waals surface area (Å²) in [6, 6.07) is -0.841. The molecule has 1 amide bonds. The lowest BCUT2D eigenvalue weighted by atomic mass is 9.99. The number of carbonyl (C=O) groups excluding carboxylic acids is 1. The Labute approximate surface area is 358 Å². The number of nitrogens with one attached hydrogen (secondary N) is 1. The van der Waals surface area contributed by atoms with Crippen LogP contribution in [0.5, 0.6) is 0 Å². The molecule has 1 heterocycles. The topological polar surface area (TPSA) is 149 Å². The van der Waals surface area contributed by atoms with Gasteiger partial charge in [-0.25, -0.2) is 0 Å². The van der Waals surface area contributed by atoms with Gasteiger partial charge in [-0.3, -0.25) is 4.79 Å². The minimum absolute atomic E-state index is 0.218. The normalized spacial score (nSPS) is 21.6. The van der Waals surface area contributed by atoms with Crippen LogP contribution in [-0.4, -0.2) is 87.5 Å². The minimum atomic E-state index is -1.58. The zero-order chi connectivity index (χ0) is 43.0. The Balaban J connectivity index is 2.41. The second-order valence-electron chi connectivity index (χ2n) is 15.5. The zero-order valence-corrected chi connectivity index (χ0v) is 36.7. The number of allylic oxidation sites excluding steroid dienone is 15. The lowest BCUT2D eigenvalue weighted by molar-refractivity contribution is -0.302. The number of ether oxygens (including phenoxy) is 2. The van der Waals surface area contributed by atoms with Crippen molar-refractivity contribution in [3.8, 4) is 0 Å². The molecule has 6 N–H and O–H groups in total. The van der Waals surface area contributed by atoms with E-state index >= 15 is 0 Å². The van der Waals surface area contributed by atoms with Crippen molar-refractivity contribution < 1.29 is 39.8 Å². The van der Waals surface area contributed by atoms with E-state index in [9.17, 15) is 30.3 Å². The molecule has 0 aromatic rings. The van der Waals surface area contributed by atoms with Crippen molar-refractivity contribution in [2.24, 2.45) is 0 Å².